The summed E-state index contributed by atoms with van der Waals surface area (Å²) in [6.45, 7) is 1.77. The predicted molar refractivity (Wildman–Crippen MR) is 93.5 cm³/mol. The highest BCUT2D eigenvalue weighted by atomic mass is 19.4. The van der Waals surface area contributed by atoms with Crippen molar-refractivity contribution in [1.82, 2.24) is 4.98 Å². The molecular weight excluding hydrogens is 377 g/mol. The van der Waals surface area contributed by atoms with E-state index in [0.29, 0.717) is 28.3 Å². The molecule has 1 heterocycles. The fourth-order valence-corrected chi connectivity index (χ4v) is 2.41. The van der Waals surface area contributed by atoms with E-state index in [0.717, 1.165) is 0 Å². The number of rotatable bonds is 6. The molecule has 0 aliphatic carbocycles. The number of hydrogen-bond donors (Lipinski definition) is 1. The molecule has 3 aromatic rings. The molecule has 0 aliphatic heterocycles. The van der Waals surface area contributed by atoms with Crippen LogP contribution in [0.5, 0.6) is 11.5 Å². The molecule has 0 atom stereocenters. The van der Waals surface area contributed by atoms with Gasteiger partial charge < -0.3 is 19.1 Å². The van der Waals surface area contributed by atoms with E-state index in [1.165, 1.54) is 24.4 Å². The Morgan fingerprint density at radius 2 is 1.89 bits per heavy atom. The van der Waals surface area contributed by atoms with Crippen LogP contribution in [-0.2, 0) is 6.61 Å². The summed E-state index contributed by atoms with van der Waals surface area (Å²) in [6, 6.07) is 12.2. The van der Waals surface area contributed by atoms with Crippen molar-refractivity contribution < 1.29 is 32.3 Å². The van der Waals surface area contributed by atoms with Crippen molar-refractivity contribution in [3.05, 3.63) is 65.5 Å². The fourth-order valence-electron chi connectivity index (χ4n) is 2.41. The largest absolute Gasteiger partial charge is 0.573 e. The first-order valence-electron chi connectivity index (χ1n) is 8.07. The molecule has 0 aliphatic rings. The second-order valence-electron chi connectivity index (χ2n) is 5.70. The number of halogens is 3. The van der Waals surface area contributed by atoms with Crippen molar-refractivity contribution in [2.75, 3.05) is 0 Å². The van der Waals surface area contributed by atoms with Gasteiger partial charge in [0.25, 0.3) is 0 Å². The molecule has 3 rings (SSSR count). The van der Waals surface area contributed by atoms with Gasteiger partial charge in [0.15, 0.2) is 0 Å². The number of nitrogens with zero attached hydrogens (tertiary/aromatic N) is 2. The number of benzene rings is 2. The van der Waals surface area contributed by atoms with E-state index in [2.05, 4.69) is 14.9 Å². The molecule has 0 fully saturated rings. The van der Waals surface area contributed by atoms with Crippen LogP contribution in [0.25, 0.3) is 11.5 Å². The lowest BCUT2D eigenvalue weighted by Crippen LogP contribution is -2.17. The Kier molecular flexibility index (Phi) is 5.53. The van der Waals surface area contributed by atoms with Crippen LogP contribution in [0, 0.1) is 6.92 Å². The van der Waals surface area contributed by atoms with Gasteiger partial charge in [-0.1, -0.05) is 23.4 Å². The van der Waals surface area contributed by atoms with Crippen LogP contribution in [0.3, 0.4) is 0 Å². The zero-order valence-corrected chi connectivity index (χ0v) is 14.6. The summed E-state index contributed by atoms with van der Waals surface area (Å²) in [4.78, 5) is 4.30. The first-order chi connectivity index (χ1) is 13.3. The van der Waals surface area contributed by atoms with Gasteiger partial charge in [-0.05, 0) is 42.8 Å². The highest BCUT2D eigenvalue weighted by Crippen LogP contribution is 2.29. The van der Waals surface area contributed by atoms with Crippen LogP contribution in [0.15, 0.2) is 58.1 Å². The number of hydrogen-bond acceptors (Lipinski definition) is 6. The minimum Gasteiger partial charge on any atom is -0.487 e. The van der Waals surface area contributed by atoms with Gasteiger partial charge in [0, 0.05) is 5.56 Å². The Balaban J connectivity index is 1.75. The van der Waals surface area contributed by atoms with Crippen molar-refractivity contribution in [1.29, 1.82) is 0 Å². The number of aromatic nitrogens is 1. The Labute approximate surface area is 157 Å². The van der Waals surface area contributed by atoms with E-state index in [1.807, 2.05) is 0 Å². The van der Waals surface area contributed by atoms with Crippen molar-refractivity contribution in [3.63, 3.8) is 0 Å². The summed E-state index contributed by atoms with van der Waals surface area (Å²) in [5, 5.41) is 11.5. The maximum Gasteiger partial charge on any atom is 0.573 e. The van der Waals surface area contributed by atoms with E-state index in [4.69, 9.17) is 14.4 Å². The van der Waals surface area contributed by atoms with Crippen LogP contribution in [0.4, 0.5) is 13.2 Å². The molecule has 0 bridgehead atoms. The summed E-state index contributed by atoms with van der Waals surface area (Å²) in [7, 11) is 0. The van der Waals surface area contributed by atoms with E-state index < -0.39 is 6.36 Å². The van der Waals surface area contributed by atoms with Gasteiger partial charge in [-0.3, -0.25) is 0 Å². The Morgan fingerprint density at radius 1 is 1.14 bits per heavy atom. The third-order valence-corrected chi connectivity index (χ3v) is 3.65. The molecule has 0 radical (unpaired) electrons. The van der Waals surface area contributed by atoms with E-state index in [1.54, 1.807) is 37.3 Å². The molecule has 6 nitrogen and oxygen atoms in total. The van der Waals surface area contributed by atoms with Gasteiger partial charge in [-0.25, -0.2) is 4.98 Å². The number of oxazole rings is 1. The molecule has 0 spiro atoms. The molecule has 146 valence electrons. The lowest BCUT2D eigenvalue weighted by Gasteiger charge is -2.08. The molecule has 9 heteroatoms. The molecule has 0 amide bonds. The average molecular weight is 392 g/mol. The molecule has 1 aromatic heterocycles. The zero-order valence-electron chi connectivity index (χ0n) is 14.6. The van der Waals surface area contributed by atoms with E-state index in [-0.39, 0.29) is 18.2 Å². The van der Waals surface area contributed by atoms with Gasteiger partial charge >= 0.3 is 6.36 Å². The summed E-state index contributed by atoms with van der Waals surface area (Å²) in [5.41, 5.74) is 1.50. The summed E-state index contributed by atoms with van der Waals surface area (Å²) in [5.74, 6) is 0.804. The first-order valence-corrected chi connectivity index (χ1v) is 8.07. The van der Waals surface area contributed by atoms with Gasteiger partial charge in [-0.2, -0.15) is 0 Å². The van der Waals surface area contributed by atoms with E-state index >= 15 is 0 Å². The van der Waals surface area contributed by atoms with E-state index in [9.17, 15) is 13.2 Å². The van der Waals surface area contributed by atoms with Crippen molar-refractivity contribution in [2.45, 2.75) is 19.9 Å². The Bertz CT molecular complexity index is 983. The second kappa shape index (κ2) is 8.03. The normalized spacial score (nSPS) is 11.7. The molecule has 0 saturated carbocycles. The second-order valence-corrected chi connectivity index (χ2v) is 5.70. The summed E-state index contributed by atoms with van der Waals surface area (Å²) < 4.78 is 52.3. The third kappa shape index (κ3) is 5.03. The van der Waals surface area contributed by atoms with Crippen LogP contribution in [0.2, 0.25) is 0 Å². The van der Waals surface area contributed by atoms with Gasteiger partial charge in [-0.15, -0.1) is 13.2 Å². The van der Waals surface area contributed by atoms with Gasteiger partial charge in [0.05, 0.1) is 6.21 Å². The minimum atomic E-state index is -4.78. The standard InChI is InChI=1S/C19H15F3N2O4/c1-12-17(11-26-15-6-2-4-13(8-15)10-23-25)24-18(27-12)14-5-3-7-16(9-14)28-19(20,21)22/h2-10,25H,11H2,1H3/b23-10+. The van der Waals surface area contributed by atoms with Gasteiger partial charge in [0.2, 0.25) is 5.89 Å². The van der Waals surface area contributed by atoms with Crippen molar-refractivity contribution >= 4 is 6.21 Å². The Hall–Kier alpha value is -3.49. The predicted octanol–water partition coefficient (Wildman–Crippen LogP) is 4.94. The van der Waals surface area contributed by atoms with Crippen molar-refractivity contribution in [3.8, 4) is 23.0 Å². The smallest absolute Gasteiger partial charge is 0.487 e. The number of oxime groups is 1. The third-order valence-electron chi connectivity index (χ3n) is 3.65. The van der Waals surface area contributed by atoms with Crippen molar-refractivity contribution in [2.24, 2.45) is 5.16 Å². The monoisotopic (exact) mass is 392 g/mol. The summed E-state index contributed by atoms with van der Waals surface area (Å²) >= 11 is 0. The maximum atomic E-state index is 12.4. The quantitative estimate of drug-likeness (QED) is 0.365. The average Bonchev–Trinajstić information content (AvgIpc) is 3.00. The molecule has 28 heavy (non-hydrogen) atoms. The number of alkyl halides is 3. The lowest BCUT2D eigenvalue weighted by molar-refractivity contribution is -0.274. The molecule has 1 N–H and O–H groups in total. The van der Waals surface area contributed by atoms with Gasteiger partial charge in [0.1, 0.15) is 29.6 Å². The fraction of sp³-hybridized carbons (Fsp3) is 0.158. The first kappa shape index (κ1) is 19.3. The molecular formula is C19H15F3N2O4. The molecule has 0 saturated heterocycles. The van der Waals surface area contributed by atoms with Crippen LogP contribution < -0.4 is 9.47 Å². The highest BCUT2D eigenvalue weighted by molar-refractivity contribution is 5.79. The van der Waals surface area contributed by atoms with Crippen LogP contribution in [-0.4, -0.2) is 22.8 Å². The number of aryl methyl sites for hydroxylation is 1. The highest BCUT2D eigenvalue weighted by Gasteiger charge is 2.31. The topological polar surface area (TPSA) is 77.1 Å². The summed E-state index contributed by atoms with van der Waals surface area (Å²) in [6.07, 6.45) is -3.51. The molecule has 2 aromatic carbocycles. The number of ether oxygens (including phenoxy) is 2. The maximum absolute atomic E-state index is 12.4. The minimum absolute atomic E-state index is 0.0911. The molecule has 0 unspecified atom stereocenters. The lowest BCUT2D eigenvalue weighted by atomic mass is 10.2. The Morgan fingerprint density at radius 3 is 2.64 bits per heavy atom. The van der Waals surface area contributed by atoms with Crippen LogP contribution in [0.1, 0.15) is 17.0 Å². The zero-order chi connectivity index (χ0) is 20.1. The SMILES string of the molecule is Cc1oc(-c2cccc(OC(F)(F)F)c2)nc1COc1cccc(/C=N/O)c1. The van der Waals surface area contributed by atoms with Crippen LogP contribution >= 0.6 is 0 Å².